The van der Waals surface area contributed by atoms with Gasteiger partial charge in [0.05, 0.1) is 15.1 Å². The molecule has 2 N–H and O–H groups in total. The van der Waals surface area contributed by atoms with E-state index in [-0.39, 0.29) is 4.90 Å². The highest BCUT2D eigenvalue weighted by Gasteiger charge is 2.20. The molecule has 0 radical (unpaired) electrons. The Morgan fingerprint density at radius 2 is 1.57 bits per heavy atom. The maximum Gasteiger partial charge on any atom is 0.238 e. The van der Waals surface area contributed by atoms with E-state index >= 15 is 0 Å². The predicted octanol–water partition coefficient (Wildman–Crippen LogP) is 5.70. The van der Waals surface area contributed by atoms with Gasteiger partial charge in [0.2, 0.25) is 10.0 Å². The number of sulfonamides is 1. The average Bonchev–Trinajstić information content (AvgIpc) is 3.05. The van der Waals surface area contributed by atoms with Crippen molar-refractivity contribution < 1.29 is 12.9 Å². The third kappa shape index (κ3) is 3.84. The number of nitrogens with two attached hydrogens (primary N) is 1. The molecular formula is C23H19BrN2O3S. The van der Waals surface area contributed by atoms with E-state index in [2.05, 4.69) is 27.2 Å². The third-order valence-electron chi connectivity index (χ3n) is 4.90. The minimum atomic E-state index is -3.75. The number of primary sulfonamides is 1. The fourth-order valence-electron chi connectivity index (χ4n) is 3.44. The summed E-state index contributed by atoms with van der Waals surface area (Å²) < 4.78 is 29.7. The molecule has 0 aliphatic carbocycles. The molecule has 1 aromatic heterocycles. The van der Waals surface area contributed by atoms with Crippen molar-refractivity contribution in [3.8, 4) is 33.6 Å². The monoisotopic (exact) mass is 482 g/mol. The van der Waals surface area contributed by atoms with Crippen LogP contribution in [0, 0.1) is 13.8 Å². The lowest BCUT2D eigenvalue weighted by Crippen LogP contribution is -2.11. The number of benzene rings is 3. The molecule has 30 heavy (non-hydrogen) atoms. The first-order valence-corrected chi connectivity index (χ1v) is 11.5. The summed E-state index contributed by atoms with van der Waals surface area (Å²) in [7, 11) is -3.75. The van der Waals surface area contributed by atoms with E-state index in [9.17, 15) is 8.42 Å². The van der Waals surface area contributed by atoms with Crippen LogP contribution >= 0.6 is 15.9 Å². The number of nitrogens with zero attached hydrogens (tertiary/aromatic N) is 1. The second kappa shape index (κ2) is 7.83. The minimum absolute atomic E-state index is 0.0770. The van der Waals surface area contributed by atoms with Crippen molar-refractivity contribution in [1.82, 2.24) is 5.16 Å². The standard InChI is InChI=1S/C23H19BrN2O3S/c1-14-5-3-6-17(13-14)21-19(16-9-11-18(12-10-16)30(25,27)28)7-4-8-20(21)23-22(24)15(2)26-29-23/h3-13H,1-2H3,(H2,25,27,28). The van der Waals surface area contributed by atoms with Crippen molar-refractivity contribution in [2.45, 2.75) is 18.7 Å². The topological polar surface area (TPSA) is 86.2 Å². The van der Waals surface area contributed by atoms with Gasteiger partial charge in [0.15, 0.2) is 5.76 Å². The first kappa shape index (κ1) is 20.5. The molecule has 0 fully saturated rings. The Morgan fingerprint density at radius 1 is 0.900 bits per heavy atom. The molecule has 1 heterocycles. The molecule has 0 unspecified atom stereocenters. The van der Waals surface area contributed by atoms with Gasteiger partial charge in [-0.3, -0.25) is 0 Å². The first-order chi connectivity index (χ1) is 14.3. The fourth-order valence-corrected chi connectivity index (χ4v) is 4.32. The molecule has 0 saturated heterocycles. The van der Waals surface area contributed by atoms with Crippen LogP contribution in [0.4, 0.5) is 0 Å². The van der Waals surface area contributed by atoms with Gasteiger partial charge in [-0.05, 0) is 58.6 Å². The van der Waals surface area contributed by atoms with Gasteiger partial charge in [-0.1, -0.05) is 65.3 Å². The molecule has 7 heteroatoms. The second-order valence-corrected chi connectivity index (χ2v) is 9.43. The first-order valence-electron chi connectivity index (χ1n) is 9.21. The van der Waals surface area contributed by atoms with Crippen LogP contribution < -0.4 is 5.14 Å². The SMILES string of the molecule is Cc1cccc(-c2c(-c3ccc(S(N)(=O)=O)cc3)cccc2-c2onc(C)c2Br)c1. The number of aromatic nitrogens is 1. The van der Waals surface area contributed by atoms with E-state index in [4.69, 9.17) is 9.66 Å². The Balaban J connectivity index is 2.00. The van der Waals surface area contributed by atoms with Gasteiger partial charge in [-0.15, -0.1) is 0 Å². The molecule has 0 amide bonds. The van der Waals surface area contributed by atoms with Crippen molar-refractivity contribution in [3.63, 3.8) is 0 Å². The molecule has 0 aliphatic rings. The Morgan fingerprint density at radius 3 is 2.17 bits per heavy atom. The van der Waals surface area contributed by atoms with Crippen LogP contribution in [0.25, 0.3) is 33.6 Å². The Hall–Kier alpha value is -2.74. The van der Waals surface area contributed by atoms with Crippen LogP contribution in [0.15, 0.2) is 80.6 Å². The van der Waals surface area contributed by atoms with Crippen molar-refractivity contribution in [3.05, 3.63) is 82.5 Å². The van der Waals surface area contributed by atoms with E-state index in [0.717, 1.165) is 43.5 Å². The quantitative estimate of drug-likeness (QED) is 0.403. The van der Waals surface area contributed by atoms with Crippen LogP contribution in [-0.4, -0.2) is 13.6 Å². The van der Waals surface area contributed by atoms with E-state index in [1.165, 1.54) is 12.1 Å². The molecule has 5 nitrogen and oxygen atoms in total. The van der Waals surface area contributed by atoms with E-state index in [0.29, 0.717) is 5.76 Å². The van der Waals surface area contributed by atoms with E-state index in [1.807, 2.05) is 50.2 Å². The van der Waals surface area contributed by atoms with Gasteiger partial charge >= 0.3 is 0 Å². The molecule has 0 aliphatic heterocycles. The highest BCUT2D eigenvalue weighted by molar-refractivity contribution is 9.10. The zero-order chi connectivity index (χ0) is 21.5. The van der Waals surface area contributed by atoms with Gasteiger partial charge in [0.25, 0.3) is 0 Å². The van der Waals surface area contributed by atoms with Crippen LogP contribution in [0.2, 0.25) is 0 Å². The Labute approximate surface area is 183 Å². The Bertz CT molecular complexity index is 1340. The van der Waals surface area contributed by atoms with Crippen molar-refractivity contribution in [2.75, 3.05) is 0 Å². The van der Waals surface area contributed by atoms with Crippen LogP contribution in [0.5, 0.6) is 0 Å². The van der Waals surface area contributed by atoms with Crippen molar-refractivity contribution in [2.24, 2.45) is 5.14 Å². The number of aryl methyl sites for hydroxylation is 2. The highest BCUT2D eigenvalue weighted by Crippen LogP contribution is 2.43. The van der Waals surface area contributed by atoms with E-state index < -0.39 is 10.0 Å². The molecule has 152 valence electrons. The number of halogens is 1. The third-order valence-corrected chi connectivity index (χ3v) is 6.76. The van der Waals surface area contributed by atoms with Gasteiger partial charge < -0.3 is 4.52 Å². The van der Waals surface area contributed by atoms with Crippen LogP contribution in [0.3, 0.4) is 0 Å². The number of hydrogen-bond acceptors (Lipinski definition) is 4. The lowest BCUT2D eigenvalue weighted by Gasteiger charge is -2.15. The normalized spacial score (nSPS) is 11.6. The molecular weight excluding hydrogens is 464 g/mol. The van der Waals surface area contributed by atoms with Gasteiger partial charge in [0, 0.05) is 11.1 Å². The van der Waals surface area contributed by atoms with Gasteiger partial charge in [-0.2, -0.15) is 0 Å². The minimum Gasteiger partial charge on any atom is -0.355 e. The van der Waals surface area contributed by atoms with Crippen molar-refractivity contribution in [1.29, 1.82) is 0 Å². The molecule has 3 aromatic carbocycles. The summed E-state index contributed by atoms with van der Waals surface area (Å²) in [4.78, 5) is 0.0770. The zero-order valence-corrected chi connectivity index (χ0v) is 18.8. The van der Waals surface area contributed by atoms with Crippen molar-refractivity contribution >= 4 is 26.0 Å². The lowest BCUT2D eigenvalue weighted by molar-refractivity contribution is 0.427. The predicted molar refractivity (Wildman–Crippen MR) is 121 cm³/mol. The molecule has 0 bridgehead atoms. The molecule has 4 rings (SSSR count). The average molecular weight is 483 g/mol. The van der Waals surface area contributed by atoms with E-state index in [1.54, 1.807) is 12.1 Å². The highest BCUT2D eigenvalue weighted by atomic mass is 79.9. The molecule has 0 spiro atoms. The maximum absolute atomic E-state index is 11.6. The fraction of sp³-hybridized carbons (Fsp3) is 0.0870. The summed E-state index contributed by atoms with van der Waals surface area (Å²) in [6.07, 6.45) is 0. The summed E-state index contributed by atoms with van der Waals surface area (Å²) in [6.45, 7) is 3.92. The number of rotatable bonds is 4. The van der Waals surface area contributed by atoms with Gasteiger partial charge in [0.1, 0.15) is 0 Å². The summed E-state index contributed by atoms with van der Waals surface area (Å²) in [5.74, 6) is 0.645. The molecule has 4 aromatic rings. The summed E-state index contributed by atoms with van der Waals surface area (Å²) in [5, 5.41) is 9.33. The molecule has 0 atom stereocenters. The number of hydrogen-bond donors (Lipinski definition) is 1. The van der Waals surface area contributed by atoms with Crippen LogP contribution in [0.1, 0.15) is 11.3 Å². The van der Waals surface area contributed by atoms with Gasteiger partial charge in [-0.25, -0.2) is 13.6 Å². The summed E-state index contributed by atoms with van der Waals surface area (Å²) in [5.41, 5.74) is 6.60. The largest absolute Gasteiger partial charge is 0.355 e. The second-order valence-electron chi connectivity index (χ2n) is 7.08. The lowest BCUT2D eigenvalue weighted by atomic mass is 9.89. The summed E-state index contributed by atoms with van der Waals surface area (Å²) in [6, 6.07) is 20.7. The zero-order valence-electron chi connectivity index (χ0n) is 16.4. The smallest absolute Gasteiger partial charge is 0.238 e. The van der Waals surface area contributed by atoms with Crippen LogP contribution in [-0.2, 0) is 10.0 Å². The maximum atomic E-state index is 11.6. The Kier molecular flexibility index (Phi) is 5.36. The molecule has 0 saturated carbocycles. The summed E-state index contributed by atoms with van der Waals surface area (Å²) >= 11 is 3.58.